The van der Waals surface area contributed by atoms with Gasteiger partial charge < -0.3 is 14.7 Å². The van der Waals surface area contributed by atoms with E-state index in [1.807, 2.05) is 25.2 Å². The average Bonchev–Trinajstić information content (AvgIpc) is 3.36. The maximum absolute atomic E-state index is 13.7. The highest BCUT2D eigenvalue weighted by atomic mass is 32.2. The molecule has 0 bridgehead atoms. The van der Waals surface area contributed by atoms with Crippen molar-refractivity contribution in [2.75, 3.05) is 18.0 Å². The predicted octanol–water partition coefficient (Wildman–Crippen LogP) is 6.48. The number of carboxylic acids is 1. The van der Waals surface area contributed by atoms with E-state index in [4.69, 9.17) is 0 Å². The Labute approximate surface area is 246 Å². The second-order valence-electron chi connectivity index (χ2n) is 9.99. The lowest BCUT2D eigenvalue weighted by Crippen LogP contribution is -2.60. The number of nitrogens with zero attached hydrogens (tertiary/aromatic N) is 2. The Hall–Kier alpha value is -3.42. The molecule has 1 aliphatic carbocycles. The maximum atomic E-state index is 13.7. The van der Waals surface area contributed by atoms with Crippen LogP contribution in [0.5, 0.6) is 5.75 Å². The van der Waals surface area contributed by atoms with Gasteiger partial charge in [-0.25, -0.2) is 13.2 Å². The molecule has 0 radical (unpaired) electrons. The van der Waals surface area contributed by atoms with Crippen LogP contribution in [-0.4, -0.2) is 55.2 Å². The van der Waals surface area contributed by atoms with E-state index in [0.717, 1.165) is 72.0 Å². The van der Waals surface area contributed by atoms with Gasteiger partial charge in [-0.3, -0.25) is 4.79 Å². The van der Waals surface area contributed by atoms with E-state index in [-0.39, 0.29) is 23.0 Å². The number of sulfonamides is 1. The Morgan fingerprint density at radius 1 is 1.10 bits per heavy atom. The molecule has 2 aliphatic rings. The summed E-state index contributed by atoms with van der Waals surface area (Å²) in [5.41, 5.74) is 0.211. The van der Waals surface area contributed by atoms with E-state index in [1.165, 1.54) is 4.90 Å². The second kappa shape index (κ2) is 13.3. The number of halogens is 3. The Bertz CT molecular complexity index is 1490. The molecule has 4 rings (SSSR count). The summed E-state index contributed by atoms with van der Waals surface area (Å²) in [4.78, 5) is 27.5. The van der Waals surface area contributed by atoms with Gasteiger partial charge in [-0.1, -0.05) is 55.7 Å². The number of allylic oxidation sites excluding steroid dienone is 5. The standard InChI is InChI=1S/C29H31F3N2O6S2/c1-2-3-4-5-9-14-22-17-24(27(41-22)28(36)37)34-25(20-11-7-6-8-12-20)18-33(19-26(34)35)42(38,39)23-15-10-13-21(16-23)40-29(30,31)32/h2-5,9-10,13-17,20,25H,6-8,11-12,18-19H2,1H3,(H,36,37)/b3-2-,5-4+,14-9+. The van der Waals surface area contributed by atoms with E-state index in [2.05, 4.69) is 4.74 Å². The topological polar surface area (TPSA) is 104 Å². The van der Waals surface area contributed by atoms with Crippen molar-refractivity contribution in [3.63, 3.8) is 0 Å². The summed E-state index contributed by atoms with van der Waals surface area (Å²) in [7, 11) is -4.39. The van der Waals surface area contributed by atoms with Crippen LogP contribution in [0.2, 0.25) is 0 Å². The van der Waals surface area contributed by atoms with Crippen LogP contribution >= 0.6 is 11.3 Å². The van der Waals surface area contributed by atoms with Crippen LogP contribution in [0.3, 0.4) is 0 Å². The zero-order chi connectivity index (χ0) is 30.5. The Kier molecular flexibility index (Phi) is 9.95. The van der Waals surface area contributed by atoms with Crippen LogP contribution in [0.4, 0.5) is 18.9 Å². The average molecular weight is 625 g/mol. The molecule has 1 unspecified atom stereocenters. The number of carbonyl (C=O) groups excluding carboxylic acids is 1. The Morgan fingerprint density at radius 3 is 2.48 bits per heavy atom. The number of piperazine rings is 1. The number of carboxylic acid groups (broad SMARTS) is 1. The lowest BCUT2D eigenvalue weighted by Gasteiger charge is -2.44. The third kappa shape index (κ3) is 7.50. The number of aromatic carboxylic acids is 1. The highest BCUT2D eigenvalue weighted by Crippen LogP contribution is 2.40. The van der Waals surface area contributed by atoms with Crippen LogP contribution < -0.4 is 9.64 Å². The number of benzene rings is 1. The number of ether oxygens (including phenoxy) is 1. The molecule has 1 saturated heterocycles. The molecule has 1 saturated carbocycles. The van der Waals surface area contributed by atoms with Crippen molar-refractivity contribution in [3.8, 4) is 5.75 Å². The smallest absolute Gasteiger partial charge is 0.477 e. The minimum Gasteiger partial charge on any atom is -0.477 e. The molecular weight excluding hydrogens is 593 g/mol. The summed E-state index contributed by atoms with van der Waals surface area (Å²) in [6, 6.07) is 5.03. The van der Waals surface area contributed by atoms with Crippen LogP contribution in [0, 0.1) is 5.92 Å². The summed E-state index contributed by atoms with van der Waals surface area (Å²) in [5.74, 6) is -2.59. The predicted molar refractivity (Wildman–Crippen MR) is 154 cm³/mol. The minimum absolute atomic E-state index is 0.0328. The highest BCUT2D eigenvalue weighted by Gasteiger charge is 2.44. The van der Waals surface area contributed by atoms with Gasteiger partial charge in [0.15, 0.2) is 0 Å². The van der Waals surface area contributed by atoms with E-state index in [9.17, 15) is 36.3 Å². The molecule has 1 aromatic heterocycles. The molecule has 2 aromatic rings. The van der Waals surface area contributed by atoms with Crippen molar-refractivity contribution in [3.05, 3.63) is 70.5 Å². The highest BCUT2D eigenvalue weighted by molar-refractivity contribution is 7.89. The minimum atomic E-state index is -5.00. The van der Waals surface area contributed by atoms with E-state index in [1.54, 1.807) is 24.3 Å². The summed E-state index contributed by atoms with van der Waals surface area (Å²) < 4.78 is 70.4. The molecule has 13 heteroatoms. The summed E-state index contributed by atoms with van der Waals surface area (Å²) in [6.45, 7) is 1.15. The fourth-order valence-electron chi connectivity index (χ4n) is 5.33. The number of hydrogen-bond acceptors (Lipinski definition) is 6. The molecule has 1 N–H and O–H groups in total. The second-order valence-corrected chi connectivity index (χ2v) is 13.0. The molecule has 2 fully saturated rings. The number of rotatable bonds is 9. The van der Waals surface area contributed by atoms with Crippen LogP contribution in [-0.2, 0) is 14.8 Å². The fourth-order valence-corrected chi connectivity index (χ4v) is 7.67. The first-order valence-corrected chi connectivity index (χ1v) is 15.7. The Morgan fingerprint density at radius 2 is 1.81 bits per heavy atom. The van der Waals surface area contributed by atoms with Crippen molar-refractivity contribution >= 4 is 45.0 Å². The molecule has 1 atom stereocenters. The van der Waals surface area contributed by atoms with Gasteiger partial charge in [0.2, 0.25) is 15.9 Å². The third-order valence-corrected chi connectivity index (χ3v) is 10.0. The van der Waals surface area contributed by atoms with E-state index >= 15 is 0 Å². The van der Waals surface area contributed by atoms with Gasteiger partial charge in [-0.15, -0.1) is 24.5 Å². The monoisotopic (exact) mass is 624 g/mol. The van der Waals surface area contributed by atoms with Gasteiger partial charge in [-0.2, -0.15) is 4.31 Å². The quantitative estimate of drug-likeness (QED) is 0.321. The number of alkyl halides is 3. The zero-order valence-corrected chi connectivity index (χ0v) is 24.4. The zero-order valence-electron chi connectivity index (χ0n) is 22.8. The van der Waals surface area contributed by atoms with Crippen molar-refractivity contribution in [2.24, 2.45) is 5.92 Å². The van der Waals surface area contributed by atoms with Gasteiger partial charge >= 0.3 is 12.3 Å². The van der Waals surface area contributed by atoms with Gasteiger partial charge in [0.05, 0.1) is 23.2 Å². The van der Waals surface area contributed by atoms with Crippen molar-refractivity contribution in [1.82, 2.24) is 4.31 Å². The maximum Gasteiger partial charge on any atom is 0.573 e. The van der Waals surface area contributed by atoms with Gasteiger partial charge in [0.1, 0.15) is 10.6 Å². The first-order chi connectivity index (χ1) is 19.9. The van der Waals surface area contributed by atoms with Crippen molar-refractivity contribution < 1.29 is 41.0 Å². The third-order valence-electron chi connectivity index (χ3n) is 7.15. The summed E-state index contributed by atoms with van der Waals surface area (Å²) in [5, 5.41) is 10.00. The lowest BCUT2D eigenvalue weighted by molar-refractivity contribution is -0.274. The molecule has 1 aliphatic heterocycles. The lowest BCUT2D eigenvalue weighted by atomic mass is 9.82. The molecule has 2 heterocycles. The Balaban J connectivity index is 1.70. The number of thiophene rings is 1. The van der Waals surface area contributed by atoms with Gasteiger partial charge in [0, 0.05) is 17.5 Å². The van der Waals surface area contributed by atoms with Crippen LogP contribution in [0.25, 0.3) is 6.08 Å². The molecule has 0 spiro atoms. The van der Waals surface area contributed by atoms with E-state index < -0.39 is 51.5 Å². The van der Waals surface area contributed by atoms with Gasteiger partial charge in [0.25, 0.3) is 0 Å². The first kappa shape index (κ1) is 31.5. The number of anilines is 1. The van der Waals surface area contributed by atoms with Crippen LogP contribution in [0.1, 0.15) is 53.6 Å². The normalized spacial score (nSPS) is 19.9. The largest absolute Gasteiger partial charge is 0.573 e. The number of carbonyl (C=O) groups is 2. The molecule has 1 amide bonds. The van der Waals surface area contributed by atoms with Crippen molar-refractivity contribution in [1.29, 1.82) is 0 Å². The van der Waals surface area contributed by atoms with Gasteiger partial charge in [-0.05, 0) is 50.0 Å². The molecular formula is C29H31F3N2O6S2. The number of hydrogen-bond donors (Lipinski definition) is 1. The summed E-state index contributed by atoms with van der Waals surface area (Å²) >= 11 is 1.02. The molecule has 42 heavy (non-hydrogen) atoms. The van der Waals surface area contributed by atoms with E-state index in [0.29, 0.717) is 4.88 Å². The molecule has 226 valence electrons. The molecule has 8 nitrogen and oxygen atoms in total. The summed E-state index contributed by atoms with van der Waals surface area (Å²) in [6.07, 6.45) is 10.0. The number of amides is 1. The first-order valence-electron chi connectivity index (χ1n) is 13.4. The molecule has 1 aromatic carbocycles. The SMILES string of the molecule is C\C=C/C=C/C=C/c1cc(N2C(=O)CN(S(=O)(=O)c3cccc(OC(F)(F)F)c3)CC2C2CCCCC2)c(C(=O)O)s1. The van der Waals surface area contributed by atoms with Crippen LogP contribution in [0.15, 0.2) is 65.6 Å². The van der Waals surface area contributed by atoms with Crippen molar-refractivity contribution in [2.45, 2.75) is 56.3 Å². The fraction of sp³-hybridized carbons (Fsp3) is 0.379.